The maximum atomic E-state index is 13.1. The third kappa shape index (κ3) is 4.95. The molecule has 0 aliphatic heterocycles. The Labute approximate surface area is 101 Å². The molecule has 0 saturated heterocycles. The normalized spacial score (nSPS) is 12.2. The fraction of sp³-hybridized carbons (Fsp3) is 0.462. The first-order chi connectivity index (χ1) is 7.99. The molecule has 94 valence electrons. The first kappa shape index (κ1) is 13.6. The van der Waals surface area contributed by atoms with Crippen LogP contribution >= 0.6 is 0 Å². The van der Waals surface area contributed by atoms with Crippen molar-refractivity contribution in [2.75, 3.05) is 6.54 Å². The van der Waals surface area contributed by atoms with Crippen LogP contribution < -0.4 is 11.1 Å². The van der Waals surface area contributed by atoms with E-state index >= 15 is 0 Å². The SMILES string of the molecule is Cc1cc(F)cc(C(=O)NCCCC(C)N)c1. The summed E-state index contributed by atoms with van der Waals surface area (Å²) in [7, 11) is 0. The first-order valence-electron chi connectivity index (χ1n) is 5.80. The summed E-state index contributed by atoms with van der Waals surface area (Å²) in [6.07, 6.45) is 1.69. The summed E-state index contributed by atoms with van der Waals surface area (Å²) >= 11 is 0. The molecular weight excluding hydrogens is 219 g/mol. The lowest BCUT2D eigenvalue weighted by Gasteiger charge is -2.07. The van der Waals surface area contributed by atoms with E-state index in [1.54, 1.807) is 13.0 Å². The molecule has 4 heteroatoms. The van der Waals surface area contributed by atoms with Crippen molar-refractivity contribution in [3.8, 4) is 0 Å². The van der Waals surface area contributed by atoms with Crippen molar-refractivity contribution in [2.45, 2.75) is 32.7 Å². The second-order valence-corrected chi connectivity index (χ2v) is 4.39. The molecule has 1 unspecified atom stereocenters. The number of hydrogen-bond donors (Lipinski definition) is 2. The van der Waals surface area contributed by atoms with Gasteiger partial charge in [0.1, 0.15) is 5.82 Å². The molecule has 0 radical (unpaired) electrons. The quantitative estimate of drug-likeness (QED) is 0.771. The lowest BCUT2D eigenvalue weighted by atomic mass is 10.1. The third-order valence-corrected chi connectivity index (χ3v) is 2.43. The minimum atomic E-state index is -0.384. The molecule has 0 bridgehead atoms. The predicted molar refractivity (Wildman–Crippen MR) is 66.4 cm³/mol. The number of hydrogen-bond acceptors (Lipinski definition) is 2. The Morgan fingerprint density at radius 3 is 2.76 bits per heavy atom. The monoisotopic (exact) mass is 238 g/mol. The van der Waals surface area contributed by atoms with Gasteiger partial charge in [0.25, 0.3) is 5.91 Å². The number of carbonyl (C=O) groups excluding carboxylic acids is 1. The minimum absolute atomic E-state index is 0.142. The van der Waals surface area contributed by atoms with Crippen molar-refractivity contribution in [3.05, 3.63) is 35.1 Å². The molecule has 1 rings (SSSR count). The number of nitrogens with two attached hydrogens (primary N) is 1. The van der Waals surface area contributed by atoms with Gasteiger partial charge < -0.3 is 11.1 Å². The van der Waals surface area contributed by atoms with Crippen LogP contribution in [-0.2, 0) is 0 Å². The van der Waals surface area contributed by atoms with Crippen LogP contribution in [0.5, 0.6) is 0 Å². The van der Waals surface area contributed by atoms with E-state index in [1.807, 2.05) is 6.92 Å². The summed E-state index contributed by atoms with van der Waals surface area (Å²) in [5.74, 6) is -0.622. The molecule has 1 amide bonds. The van der Waals surface area contributed by atoms with Gasteiger partial charge in [-0.15, -0.1) is 0 Å². The Balaban J connectivity index is 2.47. The molecular formula is C13H19FN2O. The Hall–Kier alpha value is -1.42. The number of halogens is 1. The standard InChI is InChI=1S/C13H19FN2O/c1-9-6-11(8-12(14)7-9)13(17)16-5-3-4-10(2)15/h6-8,10H,3-5,15H2,1-2H3,(H,16,17). The minimum Gasteiger partial charge on any atom is -0.352 e. The van der Waals surface area contributed by atoms with Crippen LogP contribution in [0.1, 0.15) is 35.7 Å². The van der Waals surface area contributed by atoms with E-state index in [4.69, 9.17) is 5.73 Å². The van der Waals surface area contributed by atoms with Gasteiger partial charge in [0.15, 0.2) is 0 Å². The number of nitrogens with one attached hydrogen (secondary N) is 1. The van der Waals surface area contributed by atoms with Crippen LogP contribution in [0.3, 0.4) is 0 Å². The van der Waals surface area contributed by atoms with Gasteiger partial charge in [0.2, 0.25) is 0 Å². The number of amides is 1. The zero-order valence-corrected chi connectivity index (χ0v) is 10.3. The summed E-state index contributed by atoms with van der Waals surface area (Å²) in [5.41, 5.74) is 6.70. The molecule has 1 atom stereocenters. The van der Waals surface area contributed by atoms with Crippen LogP contribution in [0.4, 0.5) is 4.39 Å². The van der Waals surface area contributed by atoms with Crippen molar-refractivity contribution in [1.29, 1.82) is 0 Å². The third-order valence-electron chi connectivity index (χ3n) is 2.43. The molecule has 3 nitrogen and oxygen atoms in total. The van der Waals surface area contributed by atoms with Crippen LogP contribution in [-0.4, -0.2) is 18.5 Å². The second-order valence-electron chi connectivity index (χ2n) is 4.39. The van der Waals surface area contributed by atoms with E-state index in [9.17, 15) is 9.18 Å². The van der Waals surface area contributed by atoms with Crippen molar-refractivity contribution >= 4 is 5.91 Å². The maximum Gasteiger partial charge on any atom is 0.251 e. The number of rotatable bonds is 5. The number of aryl methyl sites for hydroxylation is 1. The molecule has 0 aliphatic rings. The lowest BCUT2D eigenvalue weighted by Crippen LogP contribution is -2.26. The highest BCUT2D eigenvalue weighted by molar-refractivity contribution is 5.94. The smallest absolute Gasteiger partial charge is 0.251 e. The van der Waals surface area contributed by atoms with Gasteiger partial charge in [0, 0.05) is 18.2 Å². The molecule has 0 aromatic heterocycles. The Bertz CT molecular complexity index is 371. The molecule has 0 spiro atoms. The van der Waals surface area contributed by atoms with Crippen molar-refractivity contribution in [1.82, 2.24) is 5.32 Å². The summed E-state index contributed by atoms with van der Waals surface area (Å²) in [5, 5.41) is 2.75. The van der Waals surface area contributed by atoms with Crippen LogP contribution in [0.25, 0.3) is 0 Å². The Morgan fingerprint density at radius 1 is 1.47 bits per heavy atom. The Morgan fingerprint density at radius 2 is 2.18 bits per heavy atom. The van der Waals surface area contributed by atoms with Crippen molar-refractivity contribution in [2.24, 2.45) is 5.73 Å². The van der Waals surface area contributed by atoms with E-state index in [1.165, 1.54) is 12.1 Å². The van der Waals surface area contributed by atoms with Gasteiger partial charge in [-0.1, -0.05) is 0 Å². The van der Waals surface area contributed by atoms with Crippen LogP contribution in [0.2, 0.25) is 0 Å². The van der Waals surface area contributed by atoms with Crippen LogP contribution in [0, 0.1) is 12.7 Å². The molecule has 3 N–H and O–H groups in total. The molecule has 0 aliphatic carbocycles. The second kappa shape index (κ2) is 6.35. The van der Waals surface area contributed by atoms with Crippen molar-refractivity contribution < 1.29 is 9.18 Å². The van der Waals surface area contributed by atoms with Crippen LogP contribution in [0.15, 0.2) is 18.2 Å². The average molecular weight is 238 g/mol. The zero-order valence-electron chi connectivity index (χ0n) is 10.3. The van der Waals surface area contributed by atoms with Gasteiger partial charge in [-0.2, -0.15) is 0 Å². The van der Waals surface area contributed by atoms with E-state index in [0.29, 0.717) is 12.1 Å². The van der Waals surface area contributed by atoms with E-state index < -0.39 is 0 Å². The zero-order chi connectivity index (χ0) is 12.8. The maximum absolute atomic E-state index is 13.1. The van der Waals surface area contributed by atoms with Gasteiger partial charge in [0.05, 0.1) is 0 Å². The van der Waals surface area contributed by atoms with E-state index in [2.05, 4.69) is 5.32 Å². The summed E-state index contributed by atoms with van der Waals surface area (Å²) in [6, 6.07) is 4.45. The van der Waals surface area contributed by atoms with Gasteiger partial charge in [-0.25, -0.2) is 4.39 Å². The average Bonchev–Trinajstić information content (AvgIpc) is 2.22. The van der Waals surface area contributed by atoms with E-state index in [-0.39, 0.29) is 17.8 Å². The number of benzene rings is 1. The fourth-order valence-electron chi connectivity index (χ4n) is 1.60. The predicted octanol–water partition coefficient (Wildman–Crippen LogP) is 1.99. The largest absolute Gasteiger partial charge is 0.352 e. The highest BCUT2D eigenvalue weighted by Crippen LogP contribution is 2.08. The van der Waals surface area contributed by atoms with Crippen molar-refractivity contribution in [3.63, 3.8) is 0 Å². The number of carbonyl (C=O) groups is 1. The highest BCUT2D eigenvalue weighted by Gasteiger charge is 2.07. The molecule has 0 heterocycles. The summed E-state index contributed by atoms with van der Waals surface area (Å²) < 4.78 is 13.1. The molecule has 0 fully saturated rings. The molecule has 17 heavy (non-hydrogen) atoms. The molecule has 0 saturated carbocycles. The molecule has 1 aromatic rings. The molecule has 1 aromatic carbocycles. The summed E-state index contributed by atoms with van der Waals surface area (Å²) in [6.45, 7) is 4.25. The lowest BCUT2D eigenvalue weighted by molar-refractivity contribution is 0.0952. The van der Waals surface area contributed by atoms with Gasteiger partial charge >= 0.3 is 0 Å². The highest BCUT2D eigenvalue weighted by atomic mass is 19.1. The fourth-order valence-corrected chi connectivity index (χ4v) is 1.60. The van der Waals surface area contributed by atoms with E-state index in [0.717, 1.165) is 18.4 Å². The first-order valence-corrected chi connectivity index (χ1v) is 5.80. The van der Waals surface area contributed by atoms with Gasteiger partial charge in [-0.3, -0.25) is 4.79 Å². The van der Waals surface area contributed by atoms with Gasteiger partial charge in [-0.05, 0) is 50.5 Å². The summed E-state index contributed by atoms with van der Waals surface area (Å²) in [4.78, 5) is 11.7. The Kier molecular flexibility index (Phi) is 5.10. The topological polar surface area (TPSA) is 55.1 Å².